The summed E-state index contributed by atoms with van der Waals surface area (Å²) in [6.45, 7) is 0.429. The summed E-state index contributed by atoms with van der Waals surface area (Å²) in [4.78, 5) is 34.2. The van der Waals surface area contributed by atoms with Crippen LogP contribution in [0.4, 0.5) is 0 Å². The van der Waals surface area contributed by atoms with E-state index < -0.39 is 18.0 Å². The molecule has 2 unspecified atom stereocenters. The van der Waals surface area contributed by atoms with Crippen LogP contribution in [0.2, 0.25) is 0 Å². The fraction of sp³-hybridized carbons (Fsp3) is 0.769. The highest BCUT2D eigenvalue weighted by Gasteiger charge is 2.34. The highest BCUT2D eigenvalue weighted by molar-refractivity contribution is 5.85. The number of hydrogen-bond donors (Lipinski definition) is 3. The lowest BCUT2D eigenvalue weighted by molar-refractivity contribution is -0.144. The average Bonchev–Trinajstić information content (AvgIpc) is 2.90. The number of hydrogen-bond acceptors (Lipinski definition) is 5. The third-order valence-electron chi connectivity index (χ3n) is 3.78. The van der Waals surface area contributed by atoms with Gasteiger partial charge in [-0.05, 0) is 31.7 Å². The molecule has 1 rings (SSSR count). The van der Waals surface area contributed by atoms with Crippen LogP contribution >= 0.6 is 0 Å². The molecule has 1 amide bonds. The van der Waals surface area contributed by atoms with Gasteiger partial charge in [-0.1, -0.05) is 6.42 Å². The van der Waals surface area contributed by atoms with E-state index in [1.54, 1.807) is 0 Å². The van der Waals surface area contributed by atoms with Gasteiger partial charge in [0.2, 0.25) is 5.91 Å². The van der Waals surface area contributed by atoms with Crippen molar-refractivity contribution in [3.63, 3.8) is 0 Å². The predicted molar refractivity (Wildman–Crippen MR) is 70.7 cm³/mol. The third-order valence-corrected chi connectivity index (χ3v) is 3.78. The Morgan fingerprint density at radius 3 is 2.65 bits per heavy atom. The lowest BCUT2D eigenvalue weighted by atomic mass is 9.95. The van der Waals surface area contributed by atoms with Crippen molar-refractivity contribution in [2.75, 3.05) is 13.7 Å². The lowest BCUT2D eigenvalue weighted by Gasteiger charge is -2.20. The Morgan fingerprint density at radius 1 is 1.40 bits per heavy atom. The van der Waals surface area contributed by atoms with Crippen molar-refractivity contribution in [3.05, 3.63) is 0 Å². The molecule has 1 aliphatic carbocycles. The van der Waals surface area contributed by atoms with Gasteiger partial charge in [0.15, 0.2) is 0 Å². The molecule has 20 heavy (non-hydrogen) atoms. The molecule has 0 aromatic heterocycles. The molecule has 0 aliphatic heterocycles. The summed E-state index contributed by atoms with van der Waals surface area (Å²) in [6, 6.07) is -1.07. The minimum absolute atomic E-state index is 0.0216. The molecular formula is C13H22N2O5. The number of nitrogens with one attached hydrogen (secondary N) is 1. The van der Waals surface area contributed by atoms with E-state index in [4.69, 9.17) is 10.8 Å². The number of amides is 1. The van der Waals surface area contributed by atoms with Crippen LogP contribution in [0, 0.1) is 11.8 Å². The number of carboxylic acids is 1. The molecule has 0 bridgehead atoms. The first-order chi connectivity index (χ1) is 9.49. The van der Waals surface area contributed by atoms with Crippen molar-refractivity contribution in [1.29, 1.82) is 0 Å². The highest BCUT2D eigenvalue weighted by Crippen LogP contribution is 2.31. The van der Waals surface area contributed by atoms with Gasteiger partial charge in [0, 0.05) is 12.3 Å². The molecule has 7 nitrogen and oxygen atoms in total. The van der Waals surface area contributed by atoms with Crippen LogP contribution in [-0.2, 0) is 19.1 Å². The van der Waals surface area contributed by atoms with Crippen LogP contribution < -0.4 is 11.1 Å². The topological polar surface area (TPSA) is 119 Å². The van der Waals surface area contributed by atoms with E-state index in [-0.39, 0.29) is 30.6 Å². The first-order valence-electron chi connectivity index (χ1n) is 6.79. The van der Waals surface area contributed by atoms with Crippen LogP contribution in [-0.4, -0.2) is 42.6 Å². The molecule has 1 saturated carbocycles. The summed E-state index contributed by atoms with van der Waals surface area (Å²) in [5.41, 5.74) is 5.61. The summed E-state index contributed by atoms with van der Waals surface area (Å²) in [6.07, 6.45) is 2.54. The molecule has 0 aromatic carbocycles. The van der Waals surface area contributed by atoms with Gasteiger partial charge >= 0.3 is 11.9 Å². The number of esters is 1. The summed E-state index contributed by atoms with van der Waals surface area (Å²) >= 11 is 0. The minimum atomic E-state index is -1.15. The number of carboxylic acid groups (broad SMARTS) is 1. The monoisotopic (exact) mass is 286 g/mol. The Kier molecular flexibility index (Phi) is 6.44. The number of methoxy groups -OCH3 is 1. The number of carbonyl (C=O) groups excluding carboxylic acids is 2. The van der Waals surface area contributed by atoms with Crippen LogP contribution in [0.3, 0.4) is 0 Å². The zero-order chi connectivity index (χ0) is 15.1. The zero-order valence-electron chi connectivity index (χ0n) is 11.6. The molecule has 7 heteroatoms. The maximum atomic E-state index is 12.1. The molecular weight excluding hydrogens is 264 g/mol. The van der Waals surface area contributed by atoms with E-state index in [1.807, 2.05) is 0 Å². The maximum absolute atomic E-state index is 12.1. The molecule has 3 atom stereocenters. The van der Waals surface area contributed by atoms with Gasteiger partial charge < -0.3 is 20.9 Å². The fourth-order valence-corrected chi connectivity index (χ4v) is 2.56. The minimum Gasteiger partial charge on any atom is -0.480 e. The molecule has 4 N–H and O–H groups in total. The van der Waals surface area contributed by atoms with Gasteiger partial charge in [-0.2, -0.15) is 0 Å². The lowest BCUT2D eigenvalue weighted by Crippen LogP contribution is -2.45. The molecule has 0 radical (unpaired) electrons. The smallest absolute Gasteiger partial charge is 0.326 e. The van der Waals surface area contributed by atoms with Gasteiger partial charge in [-0.15, -0.1) is 0 Å². The number of ether oxygens (including phenoxy) is 1. The van der Waals surface area contributed by atoms with Gasteiger partial charge in [0.1, 0.15) is 6.04 Å². The summed E-state index contributed by atoms with van der Waals surface area (Å²) in [5.74, 6) is -2.03. The molecule has 0 saturated heterocycles. The van der Waals surface area contributed by atoms with Gasteiger partial charge in [-0.25, -0.2) is 4.79 Å². The summed E-state index contributed by atoms with van der Waals surface area (Å²) in [7, 11) is 1.24. The quantitative estimate of drug-likeness (QED) is 0.562. The Labute approximate surface area is 117 Å². The molecule has 114 valence electrons. The van der Waals surface area contributed by atoms with Crippen LogP contribution in [0.5, 0.6) is 0 Å². The number of rotatable bonds is 7. The van der Waals surface area contributed by atoms with E-state index in [2.05, 4.69) is 10.1 Å². The van der Waals surface area contributed by atoms with Crippen LogP contribution in [0.15, 0.2) is 0 Å². The Balaban J connectivity index is 2.54. The molecule has 0 heterocycles. The number of carbonyl (C=O) groups is 3. The molecule has 1 aliphatic rings. The first kappa shape index (κ1) is 16.4. The van der Waals surface area contributed by atoms with Crippen molar-refractivity contribution >= 4 is 17.8 Å². The van der Waals surface area contributed by atoms with Crippen molar-refractivity contribution in [2.24, 2.45) is 17.6 Å². The highest BCUT2D eigenvalue weighted by atomic mass is 16.5. The number of aliphatic carboxylic acids is 1. The predicted octanol–water partition coefficient (Wildman–Crippen LogP) is -0.116. The zero-order valence-corrected chi connectivity index (χ0v) is 11.6. The van der Waals surface area contributed by atoms with Gasteiger partial charge in [0.25, 0.3) is 0 Å². The second-order valence-corrected chi connectivity index (χ2v) is 5.05. The van der Waals surface area contributed by atoms with Gasteiger partial charge in [0.05, 0.1) is 7.11 Å². The second kappa shape index (κ2) is 7.84. The molecule has 0 aromatic rings. The summed E-state index contributed by atoms with van der Waals surface area (Å²) < 4.78 is 4.46. The first-order valence-corrected chi connectivity index (χ1v) is 6.79. The fourth-order valence-electron chi connectivity index (χ4n) is 2.56. The normalized spacial score (nSPS) is 23.1. The van der Waals surface area contributed by atoms with Crippen LogP contribution in [0.25, 0.3) is 0 Å². The second-order valence-electron chi connectivity index (χ2n) is 5.05. The molecule has 0 spiro atoms. The van der Waals surface area contributed by atoms with Crippen molar-refractivity contribution in [2.45, 2.75) is 38.1 Å². The third kappa shape index (κ3) is 4.48. The van der Waals surface area contributed by atoms with Crippen molar-refractivity contribution in [1.82, 2.24) is 5.32 Å². The van der Waals surface area contributed by atoms with Gasteiger partial charge in [-0.3, -0.25) is 9.59 Å². The molecule has 1 fully saturated rings. The SMILES string of the molecule is COC(=O)CC[C@H](NC(=O)C1CCCC1CN)C(=O)O. The van der Waals surface area contributed by atoms with E-state index in [9.17, 15) is 14.4 Å². The Morgan fingerprint density at radius 2 is 2.10 bits per heavy atom. The Bertz CT molecular complexity index is 372. The standard InChI is InChI=1S/C13H22N2O5/c1-20-11(16)6-5-10(13(18)19)15-12(17)9-4-2-3-8(9)7-14/h8-10H,2-7,14H2,1H3,(H,15,17)(H,18,19)/t8?,9?,10-/m0/s1. The van der Waals surface area contributed by atoms with Crippen molar-refractivity contribution < 1.29 is 24.2 Å². The number of nitrogens with two attached hydrogens (primary N) is 1. The Hall–Kier alpha value is -1.63. The largest absolute Gasteiger partial charge is 0.480 e. The van der Waals surface area contributed by atoms with E-state index >= 15 is 0 Å². The van der Waals surface area contributed by atoms with E-state index in [1.165, 1.54) is 7.11 Å². The van der Waals surface area contributed by atoms with Crippen molar-refractivity contribution in [3.8, 4) is 0 Å². The average molecular weight is 286 g/mol. The maximum Gasteiger partial charge on any atom is 0.326 e. The van der Waals surface area contributed by atoms with E-state index in [0.29, 0.717) is 6.54 Å². The van der Waals surface area contributed by atoms with E-state index in [0.717, 1.165) is 19.3 Å². The summed E-state index contributed by atoms with van der Waals surface area (Å²) in [5, 5.41) is 11.6. The van der Waals surface area contributed by atoms with Crippen LogP contribution in [0.1, 0.15) is 32.1 Å².